The lowest BCUT2D eigenvalue weighted by molar-refractivity contribution is 0.102. The van der Waals surface area contributed by atoms with Crippen LogP contribution in [0.2, 0.25) is 5.02 Å². The van der Waals surface area contributed by atoms with E-state index in [0.717, 1.165) is 0 Å². The number of ether oxygens (including phenoxy) is 1. The van der Waals surface area contributed by atoms with Crippen molar-refractivity contribution in [1.29, 1.82) is 0 Å². The molecule has 0 aliphatic carbocycles. The molecule has 0 aliphatic rings. The van der Waals surface area contributed by atoms with Crippen molar-refractivity contribution < 1.29 is 17.9 Å². The van der Waals surface area contributed by atoms with Gasteiger partial charge in [-0.1, -0.05) is 29.8 Å². The van der Waals surface area contributed by atoms with Crippen LogP contribution in [0.1, 0.15) is 10.4 Å². The summed E-state index contributed by atoms with van der Waals surface area (Å²) in [6, 6.07) is 19.3. The summed E-state index contributed by atoms with van der Waals surface area (Å²) < 4.78 is 32.0. The van der Waals surface area contributed by atoms with Gasteiger partial charge in [0.2, 0.25) is 0 Å². The van der Waals surface area contributed by atoms with Gasteiger partial charge in [0.05, 0.1) is 23.4 Å². The molecule has 1 N–H and O–H groups in total. The number of hydrogen-bond acceptors (Lipinski definition) is 4. The fourth-order valence-corrected chi connectivity index (χ4v) is 4.05. The molecule has 0 saturated heterocycles. The molecule has 0 saturated carbocycles. The van der Waals surface area contributed by atoms with E-state index >= 15 is 0 Å². The minimum Gasteiger partial charge on any atom is -0.495 e. The van der Waals surface area contributed by atoms with Gasteiger partial charge in [-0.05, 0) is 54.6 Å². The molecular weight excluding hydrogens is 412 g/mol. The predicted octanol–water partition coefficient (Wildman–Crippen LogP) is 4.43. The van der Waals surface area contributed by atoms with Gasteiger partial charge in [-0.2, -0.15) is 0 Å². The maximum Gasteiger partial charge on any atom is 0.264 e. The van der Waals surface area contributed by atoms with E-state index in [0.29, 0.717) is 27.7 Å². The van der Waals surface area contributed by atoms with Crippen molar-refractivity contribution in [2.45, 2.75) is 4.90 Å². The molecule has 0 unspecified atom stereocenters. The van der Waals surface area contributed by atoms with Gasteiger partial charge < -0.3 is 10.1 Å². The predicted molar refractivity (Wildman–Crippen MR) is 114 cm³/mol. The molecule has 8 heteroatoms. The van der Waals surface area contributed by atoms with E-state index in [1.807, 2.05) is 6.07 Å². The Kier molecular flexibility index (Phi) is 6.10. The Balaban J connectivity index is 1.81. The van der Waals surface area contributed by atoms with E-state index in [4.69, 9.17) is 16.3 Å². The number of nitrogens with one attached hydrogen (secondary N) is 1. The molecule has 0 bridgehead atoms. The fourth-order valence-electron chi connectivity index (χ4n) is 2.69. The molecule has 6 nitrogen and oxygen atoms in total. The molecule has 3 rings (SSSR count). The maximum absolute atomic E-state index is 12.8. The van der Waals surface area contributed by atoms with Crippen molar-refractivity contribution in [3.63, 3.8) is 0 Å². The van der Waals surface area contributed by atoms with Crippen molar-refractivity contribution in [2.24, 2.45) is 0 Å². The standard InChI is InChI=1S/C21H19ClN2O4S/c1-24(17-6-4-3-5-7-17)29(26,27)18-11-8-15(9-12-18)21(25)23-19-14-16(22)10-13-20(19)28-2/h3-14H,1-2H3,(H,23,25). The number of anilines is 2. The van der Waals surface area contributed by atoms with Crippen LogP contribution in [0.4, 0.5) is 11.4 Å². The summed E-state index contributed by atoms with van der Waals surface area (Å²) >= 11 is 5.98. The van der Waals surface area contributed by atoms with E-state index in [2.05, 4.69) is 5.32 Å². The second-order valence-corrected chi connectivity index (χ2v) is 8.54. The molecule has 0 spiro atoms. The summed E-state index contributed by atoms with van der Waals surface area (Å²) in [5.74, 6) is 0.0531. The lowest BCUT2D eigenvalue weighted by Gasteiger charge is -2.19. The van der Waals surface area contributed by atoms with Gasteiger partial charge in [-0.25, -0.2) is 8.42 Å². The van der Waals surface area contributed by atoms with Crippen LogP contribution < -0.4 is 14.4 Å². The highest BCUT2D eigenvalue weighted by Gasteiger charge is 2.21. The first-order valence-corrected chi connectivity index (χ1v) is 10.4. The number of methoxy groups -OCH3 is 1. The molecule has 0 aromatic heterocycles. The molecule has 0 atom stereocenters. The molecular formula is C21H19ClN2O4S. The van der Waals surface area contributed by atoms with E-state index in [1.54, 1.807) is 42.5 Å². The number of halogens is 1. The molecule has 0 radical (unpaired) electrons. The fraction of sp³-hybridized carbons (Fsp3) is 0.0952. The lowest BCUT2D eigenvalue weighted by atomic mass is 10.2. The summed E-state index contributed by atoms with van der Waals surface area (Å²) in [4.78, 5) is 12.6. The second kappa shape index (κ2) is 8.55. The van der Waals surface area contributed by atoms with Crippen LogP contribution in [-0.2, 0) is 10.0 Å². The summed E-state index contributed by atoms with van der Waals surface area (Å²) in [6.45, 7) is 0. The number of hydrogen-bond donors (Lipinski definition) is 1. The normalized spacial score (nSPS) is 11.0. The van der Waals surface area contributed by atoms with Crippen molar-refractivity contribution in [3.05, 3.63) is 83.4 Å². The third-order valence-electron chi connectivity index (χ3n) is 4.30. The summed E-state index contributed by atoms with van der Waals surface area (Å²) in [7, 11) is -0.775. The quantitative estimate of drug-likeness (QED) is 0.627. The SMILES string of the molecule is COc1ccc(Cl)cc1NC(=O)c1ccc(S(=O)(=O)N(C)c2ccccc2)cc1. The first-order chi connectivity index (χ1) is 13.8. The lowest BCUT2D eigenvalue weighted by Crippen LogP contribution is -2.26. The Morgan fingerprint density at radius 1 is 1.00 bits per heavy atom. The third-order valence-corrected chi connectivity index (χ3v) is 6.34. The van der Waals surface area contributed by atoms with Gasteiger partial charge in [0.25, 0.3) is 15.9 Å². The van der Waals surface area contributed by atoms with Crippen molar-refractivity contribution in [1.82, 2.24) is 0 Å². The summed E-state index contributed by atoms with van der Waals surface area (Å²) in [6.07, 6.45) is 0. The molecule has 0 heterocycles. The van der Waals surface area contributed by atoms with E-state index in [-0.39, 0.29) is 4.90 Å². The highest BCUT2D eigenvalue weighted by atomic mass is 35.5. The van der Waals surface area contributed by atoms with Crippen LogP contribution in [0.3, 0.4) is 0 Å². The summed E-state index contributed by atoms with van der Waals surface area (Å²) in [5, 5.41) is 3.17. The highest BCUT2D eigenvalue weighted by Crippen LogP contribution is 2.28. The molecule has 3 aromatic rings. The zero-order valence-corrected chi connectivity index (χ0v) is 17.4. The highest BCUT2D eigenvalue weighted by molar-refractivity contribution is 7.92. The van der Waals surface area contributed by atoms with Gasteiger partial charge in [0, 0.05) is 17.6 Å². The second-order valence-electron chi connectivity index (χ2n) is 6.13. The smallest absolute Gasteiger partial charge is 0.264 e. The van der Waals surface area contributed by atoms with Crippen LogP contribution in [0, 0.1) is 0 Å². The first-order valence-electron chi connectivity index (χ1n) is 8.62. The largest absolute Gasteiger partial charge is 0.495 e. The minimum absolute atomic E-state index is 0.0840. The van der Waals surface area contributed by atoms with Crippen LogP contribution in [0.15, 0.2) is 77.7 Å². The van der Waals surface area contributed by atoms with Crippen molar-refractivity contribution in [2.75, 3.05) is 23.8 Å². The van der Waals surface area contributed by atoms with Gasteiger partial charge in [0.15, 0.2) is 0 Å². The topological polar surface area (TPSA) is 75.7 Å². The third kappa shape index (κ3) is 4.52. The average molecular weight is 431 g/mol. The zero-order valence-electron chi connectivity index (χ0n) is 15.8. The van der Waals surface area contributed by atoms with Gasteiger partial charge >= 0.3 is 0 Å². The number of rotatable bonds is 6. The zero-order chi connectivity index (χ0) is 21.0. The van der Waals surface area contributed by atoms with Gasteiger partial charge in [-0.15, -0.1) is 0 Å². The minimum atomic E-state index is -3.75. The first kappa shape index (κ1) is 20.7. The Hall–Kier alpha value is -3.03. The molecule has 29 heavy (non-hydrogen) atoms. The average Bonchev–Trinajstić information content (AvgIpc) is 2.74. The molecule has 150 valence electrons. The Morgan fingerprint density at radius 2 is 1.66 bits per heavy atom. The number of benzene rings is 3. The van der Waals surface area contributed by atoms with Gasteiger partial charge in [-0.3, -0.25) is 9.10 Å². The van der Waals surface area contributed by atoms with Crippen LogP contribution in [0.25, 0.3) is 0 Å². The van der Waals surface area contributed by atoms with Crippen molar-refractivity contribution >= 4 is 38.9 Å². The molecule has 0 fully saturated rings. The molecule has 1 amide bonds. The Morgan fingerprint density at radius 3 is 2.28 bits per heavy atom. The van der Waals surface area contributed by atoms with Crippen LogP contribution in [-0.4, -0.2) is 28.5 Å². The number of amides is 1. The number of sulfonamides is 1. The summed E-state index contributed by atoms with van der Waals surface area (Å²) in [5.41, 5.74) is 1.27. The number of para-hydroxylation sites is 1. The van der Waals surface area contributed by atoms with E-state index in [1.165, 1.54) is 42.7 Å². The Labute approximate surface area is 174 Å². The number of nitrogens with zero attached hydrogens (tertiary/aromatic N) is 1. The van der Waals surface area contributed by atoms with E-state index in [9.17, 15) is 13.2 Å². The maximum atomic E-state index is 12.8. The number of carbonyl (C=O) groups is 1. The van der Waals surface area contributed by atoms with Gasteiger partial charge in [0.1, 0.15) is 5.75 Å². The van der Waals surface area contributed by atoms with Crippen LogP contribution in [0.5, 0.6) is 5.75 Å². The molecule has 0 aliphatic heterocycles. The van der Waals surface area contributed by atoms with Crippen LogP contribution >= 0.6 is 11.6 Å². The van der Waals surface area contributed by atoms with E-state index < -0.39 is 15.9 Å². The van der Waals surface area contributed by atoms with Crippen molar-refractivity contribution in [3.8, 4) is 5.75 Å². The monoisotopic (exact) mass is 430 g/mol. The molecule has 3 aromatic carbocycles. The Bertz CT molecular complexity index is 1120. The number of carbonyl (C=O) groups excluding carboxylic acids is 1.